The van der Waals surface area contributed by atoms with Crippen LogP contribution in [0.25, 0.3) is 11.0 Å². The molecule has 0 saturated heterocycles. The molecule has 0 N–H and O–H groups in total. The van der Waals surface area contributed by atoms with Crippen molar-refractivity contribution in [3.63, 3.8) is 0 Å². The van der Waals surface area contributed by atoms with Gasteiger partial charge in [0.1, 0.15) is 17.1 Å². The molecule has 0 saturated carbocycles. The molecule has 1 aromatic heterocycles. The third kappa shape index (κ3) is 3.86. The van der Waals surface area contributed by atoms with Crippen LogP contribution in [0.15, 0.2) is 18.2 Å². The van der Waals surface area contributed by atoms with E-state index in [1.54, 1.807) is 0 Å². The maximum absolute atomic E-state index is 6.08. The molecule has 2 rings (SSSR count). The topological polar surface area (TPSA) is 27.1 Å². The number of aryl methyl sites for hydroxylation is 1. The number of hydrogen-bond donors (Lipinski definition) is 0. The van der Waals surface area contributed by atoms with Crippen LogP contribution in [0.2, 0.25) is 0 Å². The number of hydrogen-bond acceptors (Lipinski definition) is 3. The van der Waals surface area contributed by atoms with Gasteiger partial charge in [0.15, 0.2) is 0 Å². The number of aromatic nitrogens is 2. The fourth-order valence-corrected chi connectivity index (χ4v) is 2.84. The predicted molar refractivity (Wildman–Crippen MR) is 92.6 cm³/mol. The summed E-state index contributed by atoms with van der Waals surface area (Å²) in [4.78, 5) is 4.69. The Labute approximate surface area is 136 Å². The molecule has 0 radical (unpaired) electrons. The molecular formula is C16H23ClN2OS. The van der Waals surface area contributed by atoms with Gasteiger partial charge in [-0.15, -0.1) is 11.6 Å². The number of rotatable bonds is 7. The average Bonchev–Trinajstić information content (AvgIpc) is 2.83. The molecule has 1 aromatic carbocycles. The highest BCUT2D eigenvalue weighted by Crippen LogP contribution is 2.28. The largest absolute Gasteiger partial charge is 0.489 e. The van der Waals surface area contributed by atoms with Crippen molar-refractivity contribution < 1.29 is 4.74 Å². The maximum atomic E-state index is 6.08. The van der Waals surface area contributed by atoms with Crippen molar-refractivity contribution in [2.45, 2.75) is 51.0 Å². The standard InChI is InChI=1S/C16H23ClN2OS/c1-11(2)20-14-7-5-6-13-16(14)18-15(10-17)19(13)9-8-12(3)21-4/h5-7,11-12H,8-10H2,1-4H3. The molecule has 0 bridgehead atoms. The summed E-state index contributed by atoms with van der Waals surface area (Å²) in [5.74, 6) is 2.18. The molecule has 21 heavy (non-hydrogen) atoms. The fraction of sp³-hybridized carbons (Fsp3) is 0.562. The van der Waals surface area contributed by atoms with E-state index in [4.69, 9.17) is 16.3 Å². The van der Waals surface area contributed by atoms with Gasteiger partial charge in [0.25, 0.3) is 0 Å². The van der Waals surface area contributed by atoms with Crippen LogP contribution in [0, 0.1) is 0 Å². The monoisotopic (exact) mass is 326 g/mol. The Morgan fingerprint density at radius 2 is 2.10 bits per heavy atom. The van der Waals surface area contributed by atoms with Crippen LogP contribution in [0.5, 0.6) is 5.75 Å². The van der Waals surface area contributed by atoms with Crippen LogP contribution in [0.1, 0.15) is 33.0 Å². The minimum Gasteiger partial charge on any atom is -0.489 e. The zero-order valence-electron chi connectivity index (χ0n) is 13.1. The van der Waals surface area contributed by atoms with E-state index in [0.717, 1.165) is 35.6 Å². The van der Waals surface area contributed by atoms with Crippen molar-refractivity contribution in [2.24, 2.45) is 0 Å². The average molecular weight is 327 g/mol. The second-order valence-corrected chi connectivity index (χ2v) is 6.98. The smallest absolute Gasteiger partial charge is 0.147 e. The van der Waals surface area contributed by atoms with Crippen LogP contribution in [0.4, 0.5) is 0 Å². The lowest BCUT2D eigenvalue weighted by molar-refractivity contribution is 0.245. The SMILES string of the molecule is CSC(C)CCn1c(CCl)nc2c(OC(C)C)cccc21. The first-order valence-corrected chi connectivity index (χ1v) is 9.12. The lowest BCUT2D eigenvalue weighted by Crippen LogP contribution is -2.07. The normalized spacial score (nSPS) is 13.0. The summed E-state index contributed by atoms with van der Waals surface area (Å²) < 4.78 is 8.09. The summed E-state index contributed by atoms with van der Waals surface area (Å²) in [5.41, 5.74) is 2.02. The molecule has 5 heteroatoms. The van der Waals surface area contributed by atoms with E-state index in [2.05, 4.69) is 28.8 Å². The Morgan fingerprint density at radius 3 is 2.71 bits per heavy atom. The van der Waals surface area contributed by atoms with Crippen LogP contribution in [0.3, 0.4) is 0 Å². The minimum absolute atomic E-state index is 0.136. The van der Waals surface area contributed by atoms with Gasteiger partial charge in [-0.05, 0) is 38.7 Å². The summed E-state index contributed by atoms with van der Waals surface area (Å²) in [6.07, 6.45) is 3.39. The van der Waals surface area contributed by atoms with Gasteiger partial charge in [0.05, 0.1) is 17.5 Å². The molecule has 0 aliphatic carbocycles. The molecule has 0 aliphatic heterocycles. The number of ether oxygens (including phenoxy) is 1. The molecule has 0 spiro atoms. The quantitative estimate of drug-likeness (QED) is 0.690. The molecule has 3 nitrogen and oxygen atoms in total. The first-order valence-electron chi connectivity index (χ1n) is 7.30. The second kappa shape index (κ2) is 7.41. The molecule has 1 heterocycles. The molecule has 2 aromatic rings. The zero-order chi connectivity index (χ0) is 15.4. The molecule has 1 unspecified atom stereocenters. The third-order valence-electron chi connectivity index (χ3n) is 3.46. The minimum atomic E-state index is 0.136. The van der Waals surface area contributed by atoms with Gasteiger partial charge in [-0.25, -0.2) is 4.98 Å². The molecule has 0 fully saturated rings. The van der Waals surface area contributed by atoms with E-state index in [-0.39, 0.29) is 6.10 Å². The first-order chi connectivity index (χ1) is 10.1. The maximum Gasteiger partial charge on any atom is 0.147 e. The Bertz CT molecular complexity index is 597. The van der Waals surface area contributed by atoms with Gasteiger partial charge >= 0.3 is 0 Å². The number of benzene rings is 1. The van der Waals surface area contributed by atoms with Crippen LogP contribution < -0.4 is 4.74 Å². The van der Waals surface area contributed by atoms with Crippen LogP contribution in [-0.4, -0.2) is 27.2 Å². The van der Waals surface area contributed by atoms with Crippen molar-refractivity contribution in [2.75, 3.05) is 6.26 Å². The summed E-state index contributed by atoms with van der Waals surface area (Å²) in [6.45, 7) is 7.24. The molecule has 1 atom stereocenters. The van der Waals surface area contributed by atoms with Crippen molar-refractivity contribution in [3.8, 4) is 5.75 Å². The summed E-state index contributed by atoms with van der Waals surface area (Å²) in [5, 5.41) is 0.626. The Balaban J connectivity index is 2.39. The molecular weight excluding hydrogens is 304 g/mol. The van der Waals surface area contributed by atoms with Gasteiger partial charge in [-0.2, -0.15) is 11.8 Å². The highest BCUT2D eigenvalue weighted by molar-refractivity contribution is 7.99. The summed E-state index contributed by atoms with van der Waals surface area (Å²) in [6, 6.07) is 6.09. The highest BCUT2D eigenvalue weighted by Gasteiger charge is 2.15. The number of halogens is 1. The van der Waals surface area contributed by atoms with Crippen molar-refractivity contribution in [1.82, 2.24) is 9.55 Å². The molecule has 116 valence electrons. The Hall–Kier alpha value is -0.870. The van der Waals surface area contributed by atoms with E-state index >= 15 is 0 Å². The lowest BCUT2D eigenvalue weighted by Gasteiger charge is -2.12. The number of fused-ring (bicyclic) bond motifs is 1. The van der Waals surface area contributed by atoms with Gasteiger partial charge in [0.2, 0.25) is 0 Å². The first kappa shape index (κ1) is 16.5. The van der Waals surface area contributed by atoms with Crippen molar-refractivity contribution in [3.05, 3.63) is 24.0 Å². The van der Waals surface area contributed by atoms with Crippen LogP contribution in [-0.2, 0) is 12.4 Å². The molecule has 0 aliphatic rings. The third-order valence-corrected chi connectivity index (χ3v) is 4.74. The lowest BCUT2D eigenvalue weighted by atomic mass is 10.2. The number of para-hydroxylation sites is 1. The number of nitrogens with zero attached hydrogens (tertiary/aromatic N) is 2. The van der Waals surface area contributed by atoms with Gasteiger partial charge in [-0.3, -0.25) is 0 Å². The highest BCUT2D eigenvalue weighted by atomic mass is 35.5. The van der Waals surface area contributed by atoms with Gasteiger partial charge in [0, 0.05) is 11.8 Å². The predicted octanol–water partition coefficient (Wildman–Crippen LogP) is 4.70. The number of alkyl halides is 1. The van der Waals surface area contributed by atoms with E-state index < -0.39 is 0 Å². The van der Waals surface area contributed by atoms with Gasteiger partial charge in [-0.1, -0.05) is 13.0 Å². The number of thioether (sulfide) groups is 1. The summed E-state index contributed by atoms with van der Waals surface area (Å²) >= 11 is 7.97. The molecule has 0 amide bonds. The van der Waals surface area contributed by atoms with Crippen molar-refractivity contribution in [1.29, 1.82) is 0 Å². The second-order valence-electron chi connectivity index (χ2n) is 5.44. The fourth-order valence-electron chi connectivity index (χ4n) is 2.30. The van der Waals surface area contributed by atoms with Crippen molar-refractivity contribution >= 4 is 34.4 Å². The van der Waals surface area contributed by atoms with E-state index in [9.17, 15) is 0 Å². The van der Waals surface area contributed by atoms with E-state index in [0.29, 0.717) is 11.1 Å². The number of imidazole rings is 1. The zero-order valence-corrected chi connectivity index (χ0v) is 14.7. The van der Waals surface area contributed by atoms with E-state index in [1.807, 2.05) is 37.7 Å². The Morgan fingerprint density at radius 1 is 1.33 bits per heavy atom. The van der Waals surface area contributed by atoms with Crippen LogP contribution >= 0.6 is 23.4 Å². The summed E-state index contributed by atoms with van der Waals surface area (Å²) in [7, 11) is 0. The van der Waals surface area contributed by atoms with E-state index in [1.165, 1.54) is 0 Å². The Kier molecular flexibility index (Phi) is 5.82. The van der Waals surface area contributed by atoms with Gasteiger partial charge < -0.3 is 9.30 Å².